The van der Waals surface area contributed by atoms with E-state index in [1.165, 1.54) is 0 Å². The summed E-state index contributed by atoms with van der Waals surface area (Å²) < 4.78 is 17.8. The molecule has 3 heterocycles. The Bertz CT molecular complexity index is 900. The first-order chi connectivity index (χ1) is 14.3. The van der Waals surface area contributed by atoms with Crippen molar-refractivity contribution in [1.82, 2.24) is 15.2 Å². The number of nitrogens with zero attached hydrogens (tertiary/aromatic N) is 2. The van der Waals surface area contributed by atoms with Crippen molar-refractivity contribution in [3.05, 3.63) is 47.2 Å². The molecule has 2 atom stereocenters. The fourth-order valence-corrected chi connectivity index (χ4v) is 4.31. The number of aryl methyl sites for hydroxylation is 2. The van der Waals surface area contributed by atoms with Crippen LogP contribution in [0.25, 0.3) is 0 Å². The van der Waals surface area contributed by atoms with Crippen molar-refractivity contribution in [3.8, 4) is 5.75 Å². The minimum absolute atomic E-state index is 0.00677. The van der Waals surface area contributed by atoms with Gasteiger partial charge in [0.1, 0.15) is 18.2 Å². The second kappa shape index (κ2) is 8.40. The molecule has 2 aromatic rings. The Labute approximate surface area is 177 Å². The van der Waals surface area contributed by atoms with Gasteiger partial charge in [0.25, 0.3) is 5.91 Å². The van der Waals surface area contributed by atoms with Crippen LogP contribution in [-0.4, -0.2) is 53.9 Å². The Morgan fingerprint density at radius 2 is 2.20 bits per heavy atom. The lowest BCUT2D eigenvalue weighted by Crippen LogP contribution is -2.57. The summed E-state index contributed by atoms with van der Waals surface area (Å²) in [6.07, 6.45) is 3.50. The molecule has 1 aromatic carbocycles. The van der Waals surface area contributed by atoms with Crippen molar-refractivity contribution in [2.24, 2.45) is 0 Å². The molecule has 2 aliphatic heterocycles. The van der Waals surface area contributed by atoms with Crippen molar-refractivity contribution < 1.29 is 18.7 Å². The first kappa shape index (κ1) is 20.9. The third kappa shape index (κ3) is 4.37. The van der Waals surface area contributed by atoms with Gasteiger partial charge in [-0.05, 0) is 64.3 Å². The van der Waals surface area contributed by atoms with E-state index in [1.807, 2.05) is 45.9 Å². The molecule has 30 heavy (non-hydrogen) atoms. The lowest BCUT2D eigenvalue weighted by molar-refractivity contribution is -0.138. The summed E-state index contributed by atoms with van der Waals surface area (Å²) in [5.74, 6) is 2.58. The van der Waals surface area contributed by atoms with E-state index >= 15 is 0 Å². The summed E-state index contributed by atoms with van der Waals surface area (Å²) in [4.78, 5) is 19.2. The highest BCUT2D eigenvalue weighted by molar-refractivity contribution is 5.94. The second-order valence-corrected chi connectivity index (χ2v) is 8.76. The highest BCUT2D eigenvalue weighted by atomic mass is 16.5. The van der Waals surface area contributed by atoms with Crippen molar-refractivity contribution in [2.75, 3.05) is 26.4 Å². The van der Waals surface area contributed by atoms with Gasteiger partial charge >= 0.3 is 0 Å². The van der Waals surface area contributed by atoms with E-state index in [4.69, 9.17) is 13.9 Å². The topological polar surface area (TPSA) is 76.8 Å². The number of hydrogen-bond donors (Lipinski definition) is 1. The summed E-state index contributed by atoms with van der Waals surface area (Å²) in [6, 6.07) is 5.61. The molecular formula is C23H31N3O4. The maximum absolute atomic E-state index is 13.0. The molecule has 0 aliphatic carbocycles. The lowest BCUT2D eigenvalue weighted by Gasteiger charge is -2.45. The van der Waals surface area contributed by atoms with Crippen molar-refractivity contribution in [1.29, 1.82) is 0 Å². The summed E-state index contributed by atoms with van der Waals surface area (Å²) >= 11 is 0. The fourth-order valence-electron chi connectivity index (χ4n) is 4.31. The van der Waals surface area contributed by atoms with Crippen LogP contribution in [0.15, 0.2) is 28.8 Å². The third-order valence-electron chi connectivity index (χ3n) is 5.88. The third-order valence-corrected chi connectivity index (χ3v) is 5.88. The number of oxazole rings is 1. The van der Waals surface area contributed by atoms with Crippen LogP contribution in [-0.2, 0) is 4.74 Å². The number of rotatable bonds is 4. The Morgan fingerprint density at radius 3 is 2.83 bits per heavy atom. The predicted octanol–water partition coefficient (Wildman–Crippen LogP) is 3.41. The van der Waals surface area contributed by atoms with E-state index in [9.17, 15) is 4.79 Å². The summed E-state index contributed by atoms with van der Waals surface area (Å²) in [7, 11) is 0. The van der Waals surface area contributed by atoms with Crippen LogP contribution in [0.1, 0.15) is 60.2 Å². The zero-order valence-corrected chi connectivity index (χ0v) is 18.2. The number of piperidine rings is 1. The largest absolute Gasteiger partial charge is 0.491 e. The number of benzene rings is 1. The molecule has 1 spiro atoms. The van der Waals surface area contributed by atoms with Gasteiger partial charge in [-0.3, -0.25) is 4.79 Å². The van der Waals surface area contributed by atoms with Gasteiger partial charge in [-0.2, -0.15) is 0 Å². The highest BCUT2D eigenvalue weighted by Gasteiger charge is 2.42. The molecule has 1 aromatic heterocycles. The standard InChI is InChI=1S/C23H31N3O4/c1-15(2)29-20-6-5-18(9-16(20)3)22(27)26-8-7-23(28-14-26)10-19(12-24-13-23)21-25-11-17(4)30-21/h5-6,9,11,15,19,24H,7-8,10,12-14H2,1-4H3. The van der Waals surface area contributed by atoms with Crippen molar-refractivity contribution in [3.63, 3.8) is 0 Å². The van der Waals surface area contributed by atoms with Gasteiger partial charge < -0.3 is 24.1 Å². The number of amides is 1. The quantitative estimate of drug-likeness (QED) is 0.828. The van der Waals surface area contributed by atoms with Gasteiger partial charge in [0.15, 0.2) is 5.89 Å². The molecular weight excluding hydrogens is 382 g/mol. The van der Waals surface area contributed by atoms with Crippen LogP contribution in [0.5, 0.6) is 5.75 Å². The van der Waals surface area contributed by atoms with E-state index in [0.29, 0.717) is 18.8 Å². The van der Waals surface area contributed by atoms with Crippen LogP contribution in [0, 0.1) is 13.8 Å². The van der Waals surface area contributed by atoms with Crippen LogP contribution in [0.4, 0.5) is 0 Å². The van der Waals surface area contributed by atoms with Gasteiger partial charge in [0.05, 0.1) is 23.8 Å². The lowest BCUT2D eigenvalue weighted by atomic mass is 9.83. The fraction of sp³-hybridized carbons (Fsp3) is 0.565. The maximum Gasteiger partial charge on any atom is 0.255 e. The average Bonchev–Trinajstić information content (AvgIpc) is 3.16. The van der Waals surface area contributed by atoms with Crippen LogP contribution in [0.2, 0.25) is 0 Å². The molecule has 2 unspecified atom stereocenters. The number of nitrogens with one attached hydrogen (secondary N) is 1. The van der Waals surface area contributed by atoms with E-state index in [2.05, 4.69) is 10.3 Å². The Balaban J connectivity index is 1.39. The molecule has 0 radical (unpaired) electrons. The molecule has 0 saturated carbocycles. The molecule has 0 bridgehead atoms. The number of carbonyl (C=O) groups excluding carboxylic acids is 1. The summed E-state index contributed by atoms with van der Waals surface area (Å²) in [5.41, 5.74) is 1.34. The minimum atomic E-state index is -0.285. The molecule has 7 heteroatoms. The van der Waals surface area contributed by atoms with Gasteiger partial charge in [-0.25, -0.2) is 4.98 Å². The number of carbonyl (C=O) groups is 1. The van der Waals surface area contributed by atoms with E-state index in [0.717, 1.165) is 48.9 Å². The molecule has 2 fully saturated rings. The molecule has 2 saturated heterocycles. The highest BCUT2D eigenvalue weighted by Crippen LogP contribution is 2.36. The normalized spacial score (nSPS) is 24.4. The Kier molecular flexibility index (Phi) is 5.84. The van der Waals surface area contributed by atoms with Crippen LogP contribution >= 0.6 is 0 Å². The molecule has 1 amide bonds. The second-order valence-electron chi connectivity index (χ2n) is 8.76. The van der Waals surface area contributed by atoms with Crippen molar-refractivity contribution in [2.45, 2.75) is 58.2 Å². The zero-order valence-electron chi connectivity index (χ0n) is 18.2. The van der Waals surface area contributed by atoms with Gasteiger partial charge in [-0.1, -0.05) is 0 Å². The van der Waals surface area contributed by atoms with E-state index in [-0.39, 0.29) is 23.5 Å². The zero-order chi connectivity index (χ0) is 21.3. The predicted molar refractivity (Wildman–Crippen MR) is 113 cm³/mol. The SMILES string of the molecule is Cc1cnc(C2CNCC3(CCN(C(=O)c4ccc(OC(C)C)c(C)c4)CO3)C2)o1. The molecule has 2 aliphatic rings. The minimum Gasteiger partial charge on any atom is -0.491 e. The molecule has 162 valence electrons. The first-order valence-corrected chi connectivity index (χ1v) is 10.7. The van der Waals surface area contributed by atoms with E-state index < -0.39 is 0 Å². The number of aromatic nitrogens is 1. The molecule has 7 nitrogen and oxygen atoms in total. The monoisotopic (exact) mass is 413 g/mol. The number of ether oxygens (including phenoxy) is 2. The van der Waals surface area contributed by atoms with Gasteiger partial charge in [0, 0.05) is 25.2 Å². The maximum atomic E-state index is 13.0. The van der Waals surface area contributed by atoms with Crippen molar-refractivity contribution >= 4 is 5.91 Å². The molecule has 4 rings (SSSR count). The van der Waals surface area contributed by atoms with Crippen LogP contribution in [0.3, 0.4) is 0 Å². The summed E-state index contributed by atoms with van der Waals surface area (Å²) in [5, 5.41) is 3.47. The summed E-state index contributed by atoms with van der Waals surface area (Å²) in [6.45, 7) is 10.4. The smallest absolute Gasteiger partial charge is 0.255 e. The molecule has 1 N–H and O–H groups in total. The average molecular weight is 414 g/mol. The van der Waals surface area contributed by atoms with Gasteiger partial charge in [0.2, 0.25) is 0 Å². The first-order valence-electron chi connectivity index (χ1n) is 10.7. The van der Waals surface area contributed by atoms with Crippen LogP contribution < -0.4 is 10.1 Å². The number of hydrogen-bond acceptors (Lipinski definition) is 6. The Morgan fingerprint density at radius 1 is 1.37 bits per heavy atom. The van der Waals surface area contributed by atoms with Gasteiger partial charge in [-0.15, -0.1) is 0 Å². The Hall–Kier alpha value is -2.38. The van der Waals surface area contributed by atoms with E-state index in [1.54, 1.807) is 11.1 Å².